The van der Waals surface area contributed by atoms with Crippen molar-refractivity contribution in [3.05, 3.63) is 64.7 Å². The van der Waals surface area contributed by atoms with Gasteiger partial charge in [-0.15, -0.1) is 0 Å². The van der Waals surface area contributed by atoms with Crippen molar-refractivity contribution in [1.29, 1.82) is 0 Å². The third-order valence-electron chi connectivity index (χ3n) is 5.25. The van der Waals surface area contributed by atoms with Gasteiger partial charge in [0.1, 0.15) is 18.0 Å². The van der Waals surface area contributed by atoms with Crippen LogP contribution in [0, 0.1) is 13.8 Å². The maximum atomic E-state index is 11.4. The van der Waals surface area contributed by atoms with E-state index in [2.05, 4.69) is 50.8 Å². The topological polar surface area (TPSA) is 32.7 Å². The Labute approximate surface area is 158 Å². The Morgan fingerprint density at radius 1 is 0.962 bits per heavy atom. The molecule has 0 radical (unpaired) electrons. The minimum atomic E-state index is -0.976. The molecule has 0 saturated carbocycles. The third kappa shape index (κ3) is 4.66. The maximum absolute atomic E-state index is 11.4. The van der Waals surface area contributed by atoms with E-state index in [1.54, 1.807) is 0 Å². The molecule has 0 fully saturated rings. The smallest absolute Gasteiger partial charge is 0.119 e. The third-order valence-corrected chi connectivity index (χ3v) is 5.25. The van der Waals surface area contributed by atoms with Gasteiger partial charge in [-0.2, -0.15) is 0 Å². The molecule has 0 bridgehead atoms. The van der Waals surface area contributed by atoms with Gasteiger partial charge in [0.15, 0.2) is 0 Å². The number of hydrogen-bond acceptors (Lipinski definition) is 3. The summed E-state index contributed by atoms with van der Waals surface area (Å²) in [4.78, 5) is 2.34. The van der Waals surface area contributed by atoms with Crippen LogP contribution in [-0.4, -0.2) is 36.2 Å². The number of ether oxygens (including phenoxy) is 1. The van der Waals surface area contributed by atoms with Crippen molar-refractivity contribution in [2.24, 2.45) is 0 Å². The van der Waals surface area contributed by atoms with Crippen molar-refractivity contribution in [3.63, 3.8) is 0 Å². The molecule has 0 spiro atoms. The van der Waals surface area contributed by atoms with Gasteiger partial charge in [0.05, 0.1) is 0 Å². The molecule has 1 N–H and O–H groups in total. The van der Waals surface area contributed by atoms with Crippen molar-refractivity contribution in [2.45, 2.75) is 46.6 Å². The highest BCUT2D eigenvalue weighted by molar-refractivity contribution is 5.43. The first kappa shape index (κ1) is 20.5. The van der Waals surface area contributed by atoms with E-state index in [1.807, 2.05) is 31.2 Å². The van der Waals surface area contributed by atoms with Crippen LogP contribution in [-0.2, 0) is 5.60 Å². The van der Waals surface area contributed by atoms with Gasteiger partial charge in [0.25, 0.3) is 0 Å². The van der Waals surface area contributed by atoms with E-state index < -0.39 is 5.60 Å². The van der Waals surface area contributed by atoms with Gasteiger partial charge in [-0.1, -0.05) is 56.7 Å². The predicted octanol–water partition coefficient (Wildman–Crippen LogP) is 4.67. The van der Waals surface area contributed by atoms with Crippen molar-refractivity contribution >= 4 is 0 Å². The molecule has 1 unspecified atom stereocenters. The summed E-state index contributed by atoms with van der Waals surface area (Å²) >= 11 is 0. The summed E-state index contributed by atoms with van der Waals surface area (Å²) in [6.07, 6.45) is 0.624. The van der Waals surface area contributed by atoms with E-state index in [0.717, 1.165) is 47.6 Å². The average molecular weight is 356 g/mol. The molecule has 0 aliphatic rings. The van der Waals surface area contributed by atoms with Gasteiger partial charge in [0.2, 0.25) is 0 Å². The van der Waals surface area contributed by atoms with E-state index in [0.29, 0.717) is 13.0 Å². The van der Waals surface area contributed by atoms with Gasteiger partial charge in [-0.05, 0) is 62.2 Å². The van der Waals surface area contributed by atoms with Crippen LogP contribution >= 0.6 is 0 Å². The summed E-state index contributed by atoms with van der Waals surface area (Å²) in [6, 6.07) is 14.1. The molecule has 142 valence electrons. The number of benzene rings is 2. The van der Waals surface area contributed by atoms with Gasteiger partial charge >= 0.3 is 0 Å². The highest BCUT2D eigenvalue weighted by Gasteiger charge is 2.31. The quantitative estimate of drug-likeness (QED) is 0.709. The number of hydrogen-bond donors (Lipinski definition) is 1. The van der Waals surface area contributed by atoms with Crippen LogP contribution in [0.5, 0.6) is 5.75 Å². The standard InChI is InChI=1S/C23H33NO2/c1-6-23(25,22-17-18(4)9-10-19(22)5)20-11-13-21(14-12-20)26-16-15-24(7-2)8-3/h9-14,17,25H,6-8,15-16H2,1-5H3. The Kier molecular flexibility index (Phi) is 7.24. The molecule has 3 nitrogen and oxygen atoms in total. The molecule has 2 rings (SSSR count). The normalized spacial score (nSPS) is 13.7. The van der Waals surface area contributed by atoms with Crippen molar-refractivity contribution < 1.29 is 9.84 Å². The van der Waals surface area contributed by atoms with Crippen LogP contribution in [0.25, 0.3) is 0 Å². The summed E-state index contributed by atoms with van der Waals surface area (Å²) in [6.45, 7) is 14.2. The van der Waals surface area contributed by atoms with E-state index in [9.17, 15) is 5.11 Å². The first-order chi connectivity index (χ1) is 12.4. The molecule has 26 heavy (non-hydrogen) atoms. The van der Waals surface area contributed by atoms with Crippen LogP contribution in [0.15, 0.2) is 42.5 Å². The molecule has 0 saturated heterocycles. The number of nitrogens with zero attached hydrogens (tertiary/aromatic N) is 1. The lowest BCUT2D eigenvalue weighted by atomic mass is 9.81. The van der Waals surface area contributed by atoms with Crippen LogP contribution in [0.2, 0.25) is 0 Å². The van der Waals surface area contributed by atoms with E-state index in [4.69, 9.17) is 4.74 Å². The van der Waals surface area contributed by atoms with Gasteiger partial charge in [-0.3, -0.25) is 0 Å². The van der Waals surface area contributed by atoms with Crippen LogP contribution in [0.1, 0.15) is 49.4 Å². The summed E-state index contributed by atoms with van der Waals surface area (Å²) in [5, 5.41) is 11.4. The zero-order valence-electron chi connectivity index (χ0n) is 16.9. The molecular weight excluding hydrogens is 322 g/mol. The number of rotatable bonds is 9. The number of aliphatic hydroxyl groups is 1. The molecule has 0 aliphatic heterocycles. The number of likely N-dealkylation sites (N-methyl/N-ethyl adjacent to an activating group) is 1. The van der Waals surface area contributed by atoms with E-state index in [1.165, 1.54) is 0 Å². The fraction of sp³-hybridized carbons (Fsp3) is 0.478. The minimum Gasteiger partial charge on any atom is -0.492 e. The Balaban J connectivity index is 2.15. The first-order valence-electron chi connectivity index (χ1n) is 9.70. The van der Waals surface area contributed by atoms with Crippen LogP contribution in [0.4, 0.5) is 0 Å². The van der Waals surface area contributed by atoms with Crippen molar-refractivity contribution in [1.82, 2.24) is 4.90 Å². The maximum Gasteiger partial charge on any atom is 0.119 e. The first-order valence-corrected chi connectivity index (χ1v) is 9.70. The van der Waals surface area contributed by atoms with Gasteiger partial charge in [0, 0.05) is 6.54 Å². The Morgan fingerprint density at radius 3 is 2.19 bits per heavy atom. The summed E-state index contributed by atoms with van der Waals surface area (Å²) in [5.74, 6) is 0.848. The average Bonchev–Trinajstić information content (AvgIpc) is 2.67. The fourth-order valence-corrected chi connectivity index (χ4v) is 3.39. The molecule has 2 aromatic carbocycles. The van der Waals surface area contributed by atoms with Crippen LogP contribution < -0.4 is 4.74 Å². The van der Waals surface area contributed by atoms with Crippen molar-refractivity contribution in [2.75, 3.05) is 26.2 Å². The molecule has 0 aliphatic carbocycles. The monoisotopic (exact) mass is 355 g/mol. The lowest BCUT2D eigenvalue weighted by Gasteiger charge is -2.30. The second kappa shape index (κ2) is 9.20. The van der Waals surface area contributed by atoms with Crippen molar-refractivity contribution in [3.8, 4) is 5.75 Å². The summed E-state index contributed by atoms with van der Waals surface area (Å²) < 4.78 is 5.87. The molecule has 1 atom stereocenters. The Hall–Kier alpha value is -1.84. The highest BCUT2D eigenvalue weighted by atomic mass is 16.5. The Morgan fingerprint density at radius 2 is 1.62 bits per heavy atom. The minimum absolute atomic E-state index is 0.624. The summed E-state index contributed by atoms with van der Waals surface area (Å²) in [7, 11) is 0. The molecule has 3 heteroatoms. The molecule has 0 aromatic heterocycles. The molecule has 0 amide bonds. The predicted molar refractivity (Wildman–Crippen MR) is 109 cm³/mol. The highest BCUT2D eigenvalue weighted by Crippen LogP contribution is 2.36. The lowest BCUT2D eigenvalue weighted by molar-refractivity contribution is 0.0757. The zero-order chi connectivity index (χ0) is 19.2. The molecule has 2 aromatic rings. The van der Waals surface area contributed by atoms with E-state index in [-0.39, 0.29) is 0 Å². The summed E-state index contributed by atoms with van der Waals surface area (Å²) in [5.41, 5.74) is 3.18. The molecule has 0 heterocycles. The SMILES string of the molecule is CCN(CC)CCOc1ccc(C(O)(CC)c2cc(C)ccc2C)cc1. The lowest BCUT2D eigenvalue weighted by Crippen LogP contribution is -2.28. The van der Waals surface area contributed by atoms with Gasteiger partial charge in [-0.25, -0.2) is 0 Å². The fourth-order valence-electron chi connectivity index (χ4n) is 3.39. The second-order valence-corrected chi connectivity index (χ2v) is 6.93. The van der Waals surface area contributed by atoms with Gasteiger partial charge < -0.3 is 14.7 Å². The van der Waals surface area contributed by atoms with Crippen LogP contribution in [0.3, 0.4) is 0 Å². The second-order valence-electron chi connectivity index (χ2n) is 6.93. The zero-order valence-corrected chi connectivity index (χ0v) is 16.9. The molecular formula is C23H33NO2. The largest absolute Gasteiger partial charge is 0.492 e. The van der Waals surface area contributed by atoms with E-state index >= 15 is 0 Å². The number of aryl methyl sites for hydroxylation is 2. The Bertz CT molecular complexity index is 692.